The minimum absolute atomic E-state index is 0.330. The number of amides is 1. The van der Waals surface area contributed by atoms with Gasteiger partial charge in [-0.1, -0.05) is 0 Å². The van der Waals surface area contributed by atoms with E-state index in [1.54, 1.807) is 0 Å². The van der Waals surface area contributed by atoms with E-state index in [2.05, 4.69) is 0 Å². The Morgan fingerprint density at radius 3 is 2.30 bits per heavy atom. The molecule has 1 saturated heterocycles. The molecule has 2 aliphatic rings. The number of carbonyl (C=O) groups is 1. The predicted octanol–water partition coefficient (Wildman–Crippen LogP) is 1.16. The van der Waals surface area contributed by atoms with Crippen LogP contribution >= 0.6 is 0 Å². The van der Waals surface area contributed by atoms with Crippen LogP contribution in [0.2, 0.25) is 0 Å². The van der Waals surface area contributed by atoms with E-state index in [-0.39, 0.29) is 0 Å². The van der Waals surface area contributed by atoms with Crippen LogP contribution in [0, 0.1) is 0 Å². The van der Waals surface area contributed by atoms with Crippen LogP contribution in [-0.2, 0) is 4.79 Å². The highest BCUT2D eigenvalue weighted by Gasteiger charge is 2.46. The Morgan fingerprint density at radius 1 is 1.40 bits per heavy atom. The fourth-order valence-corrected chi connectivity index (χ4v) is 2.11. The Hall–Kier alpha value is -0.530. The molecule has 1 heterocycles. The summed E-state index contributed by atoms with van der Waals surface area (Å²) in [6.45, 7) is 0. The largest absolute Gasteiger partial charge is 0.340 e. The molecule has 0 unspecified atom stereocenters. The van der Waals surface area contributed by atoms with Gasteiger partial charge in [0.25, 0.3) is 0 Å². The average Bonchev–Trinajstić information content (AvgIpc) is 2.10. The van der Waals surface area contributed by atoms with Crippen molar-refractivity contribution in [2.75, 3.05) is 7.05 Å². The highest BCUT2D eigenvalue weighted by Crippen LogP contribution is 2.44. The standard InChI is InChI=1S/C8H13NO/c1-9-7(10)3-6-8(9)4-2-5-8/h2-6H2,1H3. The van der Waals surface area contributed by atoms with Crippen LogP contribution in [0.1, 0.15) is 32.1 Å². The van der Waals surface area contributed by atoms with Gasteiger partial charge in [-0.05, 0) is 25.7 Å². The minimum Gasteiger partial charge on any atom is -0.340 e. The molecule has 2 nitrogen and oxygen atoms in total. The summed E-state index contributed by atoms with van der Waals surface area (Å²) in [4.78, 5) is 13.1. The Bertz CT molecular complexity index is 172. The SMILES string of the molecule is CN1C(=O)CCC12CCC2. The lowest BCUT2D eigenvalue weighted by Crippen LogP contribution is -2.48. The molecule has 10 heavy (non-hydrogen) atoms. The molecule has 2 rings (SSSR count). The minimum atomic E-state index is 0.330. The van der Waals surface area contributed by atoms with Crippen molar-refractivity contribution in [3.8, 4) is 0 Å². The van der Waals surface area contributed by atoms with Crippen molar-refractivity contribution in [1.82, 2.24) is 4.90 Å². The number of hydrogen-bond donors (Lipinski definition) is 0. The first-order chi connectivity index (χ1) is 4.75. The van der Waals surface area contributed by atoms with Crippen LogP contribution in [0.4, 0.5) is 0 Å². The summed E-state index contributed by atoms with van der Waals surface area (Å²) in [6, 6.07) is 0. The van der Waals surface area contributed by atoms with Gasteiger partial charge >= 0.3 is 0 Å². The molecule has 2 heteroatoms. The summed E-state index contributed by atoms with van der Waals surface area (Å²) in [5.41, 5.74) is 0.330. The molecule has 1 aliphatic carbocycles. The lowest BCUT2D eigenvalue weighted by atomic mass is 9.75. The van der Waals surface area contributed by atoms with E-state index in [1.807, 2.05) is 11.9 Å². The van der Waals surface area contributed by atoms with Crippen molar-refractivity contribution in [3.63, 3.8) is 0 Å². The topological polar surface area (TPSA) is 20.3 Å². The van der Waals surface area contributed by atoms with E-state index in [9.17, 15) is 4.79 Å². The normalized spacial score (nSPS) is 29.3. The molecule has 0 atom stereocenters. The highest BCUT2D eigenvalue weighted by atomic mass is 16.2. The Labute approximate surface area is 61.2 Å². The van der Waals surface area contributed by atoms with Crippen LogP contribution in [0.3, 0.4) is 0 Å². The number of carbonyl (C=O) groups excluding carboxylic acids is 1. The monoisotopic (exact) mass is 139 g/mol. The van der Waals surface area contributed by atoms with Crippen molar-refractivity contribution in [2.45, 2.75) is 37.6 Å². The van der Waals surface area contributed by atoms with E-state index >= 15 is 0 Å². The Kier molecular flexibility index (Phi) is 1.08. The van der Waals surface area contributed by atoms with E-state index in [4.69, 9.17) is 0 Å². The zero-order valence-electron chi connectivity index (χ0n) is 6.39. The molecule has 2 fully saturated rings. The summed E-state index contributed by atoms with van der Waals surface area (Å²) in [5.74, 6) is 0.347. The molecule has 1 spiro atoms. The molecule has 1 saturated carbocycles. The third-order valence-corrected chi connectivity index (χ3v) is 3.17. The van der Waals surface area contributed by atoms with Crippen molar-refractivity contribution >= 4 is 5.91 Å². The van der Waals surface area contributed by atoms with E-state index in [1.165, 1.54) is 19.3 Å². The van der Waals surface area contributed by atoms with Gasteiger partial charge in [0.1, 0.15) is 0 Å². The number of hydrogen-bond acceptors (Lipinski definition) is 1. The summed E-state index contributed by atoms with van der Waals surface area (Å²) in [6.07, 6.45) is 5.71. The van der Waals surface area contributed by atoms with Gasteiger partial charge < -0.3 is 4.90 Å². The summed E-state index contributed by atoms with van der Waals surface area (Å²) in [7, 11) is 1.95. The molecular weight excluding hydrogens is 126 g/mol. The third kappa shape index (κ3) is 0.568. The Morgan fingerprint density at radius 2 is 2.10 bits per heavy atom. The summed E-state index contributed by atoms with van der Waals surface area (Å²) in [5, 5.41) is 0. The predicted molar refractivity (Wildman–Crippen MR) is 38.6 cm³/mol. The maximum atomic E-state index is 11.1. The summed E-state index contributed by atoms with van der Waals surface area (Å²) < 4.78 is 0. The highest BCUT2D eigenvalue weighted by molar-refractivity contribution is 5.79. The van der Waals surface area contributed by atoms with Crippen molar-refractivity contribution < 1.29 is 4.79 Å². The van der Waals surface area contributed by atoms with Gasteiger partial charge in [0.05, 0.1) is 0 Å². The molecular formula is C8H13NO. The van der Waals surface area contributed by atoms with Crippen LogP contribution in [0.15, 0.2) is 0 Å². The molecule has 0 aromatic heterocycles. The number of rotatable bonds is 0. The smallest absolute Gasteiger partial charge is 0.222 e. The lowest BCUT2D eigenvalue weighted by Gasteiger charge is -2.43. The second-order valence-electron chi connectivity index (χ2n) is 3.53. The van der Waals surface area contributed by atoms with Crippen LogP contribution in [0.5, 0.6) is 0 Å². The zero-order chi connectivity index (χ0) is 7.19. The van der Waals surface area contributed by atoms with E-state index in [0.717, 1.165) is 12.8 Å². The molecule has 0 bridgehead atoms. The Balaban J connectivity index is 2.17. The molecule has 0 radical (unpaired) electrons. The average molecular weight is 139 g/mol. The first kappa shape index (κ1) is 6.20. The van der Waals surface area contributed by atoms with E-state index < -0.39 is 0 Å². The van der Waals surface area contributed by atoms with Crippen molar-refractivity contribution in [2.24, 2.45) is 0 Å². The van der Waals surface area contributed by atoms with Gasteiger partial charge in [-0.2, -0.15) is 0 Å². The molecule has 0 N–H and O–H groups in total. The summed E-state index contributed by atoms with van der Waals surface area (Å²) >= 11 is 0. The maximum Gasteiger partial charge on any atom is 0.222 e. The van der Waals surface area contributed by atoms with Crippen LogP contribution in [-0.4, -0.2) is 23.4 Å². The second-order valence-corrected chi connectivity index (χ2v) is 3.53. The third-order valence-electron chi connectivity index (χ3n) is 3.17. The van der Waals surface area contributed by atoms with Gasteiger partial charge in [-0.3, -0.25) is 4.79 Å². The van der Waals surface area contributed by atoms with Gasteiger partial charge in [0.2, 0.25) is 5.91 Å². The molecule has 1 aliphatic heterocycles. The van der Waals surface area contributed by atoms with Gasteiger partial charge in [-0.15, -0.1) is 0 Å². The molecule has 1 amide bonds. The molecule has 0 aromatic rings. The van der Waals surface area contributed by atoms with Crippen molar-refractivity contribution in [3.05, 3.63) is 0 Å². The first-order valence-electron chi connectivity index (χ1n) is 4.01. The second kappa shape index (κ2) is 1.74. The van der Waals surface area contributed by atoms with Gasteiger partial charge in [-0.25, -0.2) is 0 Å². The van der Waals surface area contributed by atoms with Gasteiger partial charge in [0.15, 0.2) is 0 Å². The van der Waals surface area contributed by atoms with Crippen molar-refractivity contribution in [1.29, 1.82) is 0 Å². The first-order valence-corrected chi connectivity index (χ1v) is 4.01. The quantitative estimate of drug-likeness (QED) is 0.493. The van der Waals surface area contributed by atoms with Gasteiger partial charge in [0, 0.05) is 19.0 Å². The zero-order valence-corrected chi connectivity index (χ0v) is 6.39. The molecule has 0 aromatic carbocycles. The van der Waals surface area contributed by atoms with Crippen LogP contribution in [0.25, 0.3) is 0 Å². The fourth-order valence-electron chi connectivity index (χ4n) is 2.11. The number of likely N-dealkylation sites (tertiary alicyclic amines) is 1. The number of nitrogens with zero attached hydrogens (tertiary/aromatic N) is 1. The fraction of sp³-hybridized carbons (Fsp3) is 0.875. The van der Waals surface area contributed by atoms with Crippen LogP contribution < -0.4 is 0 Å². The maximum absolute atomic E-state index is 11.1. The lowest BCUT2D eigenvalue weighted by molar-refractivity contribution is -0.131. The molecule has 56 valence electrons. The van der Waals surface area contributed by atoms with E-state index in [0.29, 0.717) is 11.4 Å².